The van der Waals surface area contributed by atoms with Gasteiger partial charge in [-0.3, -0.25) is 0 Å². The summed E-state index contributed by atoms with van der Waals surface area (Å²) in [6, 6.07) is 3.43. The molecule has 0 amide bonds. The second-order valence-corrected chi connectivity index (χ2v) is 4.12. The van der Waals surface area contributed by atoms with E-state index in [-0.39, 0.29) is 11.9 Å². The molecule has 0 bridgehead atoms. The lowest BCUT2D eigenvalue weighted by Crippen LogP contribution is -2.08. The Morgan fingerprint density at radius 2 is 2.00 bits per heavy atom. The van der Waals surface area contributed by atoms with Crippen LogP contribution in [0.15, 0.2) is 17.7 Å². The summed E-state index contributed by atoms with van der Waals surface area (Å²) in [5.74, 6) is -0.158. The number of aryl methyl sites for hydroxylation is 1. The lowest BCUT2D eigenvalue weighted by Gasteiger charge is -2.07. The quantitative estimate of drug-likeness (QED) is 0.826. The van der Waals surface area contributed by atoms with E-state index in [9.17, 15) is 9.50 Å². The number of hydrogen-bond donors (Lipinski definition) is 1. The maximum atomic E-state index is 13.3. The Bertz CT molecular complexity index is 421. The fourth-order valence-electron chi connectivity index (χ4n) is 1.98. The summed E-state index contributed by atoms with van der Waals surface area (Å²) in [6.07, 6.45) is 2.99. The minimum Gasteiger partial charge on any atom is -0.389 e. The molecule has 2 heteroatoms. The average molecular weight is 236 g/mol. The van der Waals surface area contributed by atoms with E-state index in [1.54, 1.807) is 13.0 Å². The molecule has 1 nitrogen and oxygen atoms in total. The molecule has 1 atom stereocenters. The molecule has 1 aliphatic carbocycles. The number of aliphatic hydroxyl groups is 1. The zero-order valence-electron chi connectivity index (χ0n) is 11.0. The predicted octanol–water partition coefficient (Wildman–Crippen LogP) is 3.87. The zero-order valence-corrected chi connectivity index (χ0v) is 11.0. The number of benzene rings is 1. The van der Waals surface area contributed by atoms with E-state index < -0.39 is 0 Å². The molecule has 0 fully saturated rings. The van der Waals surface area contributed by atoms with Crippen LogP contribution < -0.4 is 0 Å². The van der Waals surface area contributed by atoms with Crippen LogP contribution in [0.2, 0.25) is 0 Å². The van der Waals surface area contributed by atoms with Crippen molar-refractivity contribution in [2.45, 2.75) is 46.6 Å². The van der Waals surface area contributed by atoms with Crippen molar-refractivity contribution < 1.29 is 9.50 Å². The molecule has 1 aromatic rings. The van der Waals surface area contributed by atoms with E-state index in [4.69, 9.17) is 0 Å². The molecule has 0 aliphatic heterocycles. The highest BCUT2D eigenvalue weighted by Gasteiger charge is 2.18. The summed E-state index contributed by atoms with van der Waals surface area (Å²) < 4.78 is 13.3. The Balaban J connectivity index is 0.000000686. The highest BCUT2D eigenvalue weighted by molar-refractivity contribution is 5.65. The third-order valence-corrected chi connectivity index (χ3v) is 2.97. The van der Waals surface area contributed by atoms with Crippen molar-refractivity contribution in [3.63, 3.8) is 0 Å². The molecule has 2 rings (SSSR count). The van der Waals surface area contributed by atoms with Crippen molar-refractivity contribution in [1.29, 1.82) is 0 Å². The predicted molar refractivity (Wildman–Crippen MR) is 70.5 cm³/mol. The molecule has 0 spiro atoms. The Labute approximate surface area is 103 Å². The Morgan fingerprint density at radius 1 is 1.35 bits per heavy atom. The monoisotopic (exact) mass is 236 g/mol. The number of fused-ring (bicyclic) bond motifs is 1. The van der Waals surface area contributed by atoms with Crippen molar-refractivity contribution in [3.05, 3.63) is 40.2 Å². The molecular weight excluding hydrogens is 215 g/mol. The van der Waals surface area contributed by atoms with Crippen LogP contribution in [-0.4, -0.2) is 11.2 Å². The molecule has 1 aliphatic rings. The Kier molecular flexibility index (Phi) is 4.88. The summed E-state index contributed by atoms with van der Waals surface area (Å²) in [7, 11) is 0. The van der Waals surface area contributed by atoms with Crippen LogP contribution in [0.1, 0.15) is 43.9 Å². The number of halogens is 1. The number of hydrogen-bond acceptors (Lipinski definition) is 1. The van der Waals surface area contributed by atoms with Crippen molar-refractivity contribution >= 4 is 6.08 Å². The normalized spacial score (nSPS) is 14.6. The van der Waals surface area contributed by atoms with Crippen LogP contribution in [0.3, 0.4) is 0 Å². The molecule has 0 heterocycles. The van der Waals surface area contributed by atoms with Gasteiger partial charge in [-0.15, -0.1) is 0 Å². The van der Waals surface area contributed by atoms with Crippen LogP contribution in [0.4, 0.5) is 4.39 Å². The first-order chi connectivity index (χ1) is 8.11. The van der Waals surface area contributed by atoms with E-state index in [1.165, 1.54) is 0 Å². The maximum absolute atomic E-state index is 13.3. The van der Waals surface area contributed by atoms with Crippen LogP contribution in [0, 0.1) is 12.7 Å². The van der Waals surface area contributed by atoms with Crippen molar-refractivity contribution in [3.8, 4) is 0 Å². The number of rotatable bonds is 2. The smallest absolute Gasteiger partial charge is 0.126 e. The van der Waals surface area contributed by atoms with Crippen molar-refractivity contribution in [1.82, 2.24) is 0 Å². The molecule has 0 unspecified atom stereocenters. The van der Waals surface area contributed by atoms with Gasteiger partial charge >= 0.3 is 0 Å². The van der Waals surface area contributed by atoms with Gasteiger partial charge < -0.3 is 5.11 Å². The SMILES string of the molecule is CC.CC[C@H](O)C1=Cc2cc(C)c(F)cc2C1. The Hall–Kier alpha value is -1.15. The van der Waals surface area contributed by atoms with Gasteiger partial charge in [0.2, 0.25) is 0 Å². The van der Waals surface area contributed by atoms with Gasteiger partial charge in [0.05, 0.1) is 6.10 Å². The third-order valence-electron chi connectivity index (χ3n) is 2.97. The summed E-state index contributed by atoms with van der Waals surface area (Å²) in [5.41, 5.74) is 3.70. The first kappa shape index (κ1) is 13.9. The van der Waals surface area contributed by atoms with Crippen LogP contribution >= 0.6 is 0 Å². The zero-order chi connectivity index (χ0) is 13.0. The van der Waals surface area contributed by atoms with Gasteiger partial charge in [-0.1, -0.05) is 26.8 Å². The molecule has 0 radical (unpaired) electrons. The van der Waals surface area contributed by atoms with Crippen LogP contribution in [0.5, 0.6) is 0 Å². The molecule has 1 N–H and O–H groups in total. The average Bonchev–Trinajstić information content (AvgIpc) is 2.74. The van der Waals surface area contributed by atoms with Gasteiger partial charge in [0.1, 0.15) is 5.82 Å². The van der Waals surface area contributed by atoms with Gasteiger partial charge in [-0.2, -0.15) is 0 Å². The lowest BCUT2D eigenvalue weighted by molar-refractivity contribution is 0.205. The first-order valence-corrected chi connectivity index (χ1v) is 6.29. The van der Waals surface area contributed by atoms with Gasteiger partial charge in [-0.25, -0.2) is 4.39 Å². The Morgan fingerprint density at radius 3 is 2.59 bits per heavy atom. The molecular formula is C15H21FO. The largest absolute Gasteiger partial charge is 0.389 e. The molecule has 1 aromatic carbocycles. The standard InChI is InChI=1S/C13H15FO.C2H6/c1-3-13(15)11-5-9-4-8(2)12(14)7-10(9)6-11;1-2/h4-5,7,13,15H,3,6H2,1-2H3;1-2H3/t13-;/m0./s1. The summed E-state index contributed by atoms with van der Waals surface area (Å²) in [6.45, 7) is 7.71. The topological polar surface area (TPSA) is 20.2 Å². The van der Waals surface area contributed by atoms with Crippen molar-refractivity contribution in [2.75, 3.05) is 0 Å². The third kappa shape index (κ3) is 2.95. The highest BCUT2D eigenvalue weighted by atomic mass is 19.1. The van der Waals surface area contributed by atoms with E-state index in [1.807, 2.05) is 32.9 Å². The van der Waals surface area contributed by atoms with Crippen LogP contribution in [-0.2, 0) is 6.42 Å². The fraction of sp³-hybridized carbons (Fsp3) is 0.467. The number of aliphatic hydroxyl groups excluding tert-OH is 1. The first-order valence-electron chi connectivity index (χ1n) is 6.29. The van der Waals surface area contributed by atoms with E-state index >= 15 is 0 Å². The summed E-state index contributed by atoms with van der Waals surface area (Å²) >= 11 is 0. The molecule has 0 saturated heterocycles. The van der Waals surface area contributed by atoms with Crippen LogP contribution in [0.25, 0.3) is 6.08 Å². The van der Waals surface area contributed by atoms with Gasteiger partial charge in [-0.05, 0) is 54.2 Å². The minimum absolute atomic E-state index is 0.158. The van der Waals surface area contributed by atoms with E-state index in [0.29, 0.717) is 18.4 Å². The van der Waals surface area contributed by atoms with Crippen molar-refractivity contribution in [2.24, 2.45) is 0 Å². The summed E-state index contributed by atoms with van der Waals surface area (Å²) in [4.78, 5) is 0. The highest BCUT2D eigenvalue weighted by Crippen LogP contribution is 2.29. The van der Waals surface area contributed by atoms with Gasteiger partial charge in [0.25, 0.3) is 0 Å². The van der Waals surface area contributed by atoms with E-state index in [2.05, 4.69) is 0 Å². The second-order valence-electron chi connectivity index (χ2n) is 4.12. The summed E-state index contributed by atoms with van der Waals surface area (Å²) in [5, 5.41) is 9.71. The maximum Gasteiger partial charge on any atom is 0.126 e. The second kappa shape index (κ2) is 5.97. The minimum atomic E-state index is -0.388. The van der Waals surface area contributed by atoms with Gasteiger partial charge in [0.15, 0.2) is 0 Å². The molecule has 0 saturated carbocycles. The van der Waals surface area contributed by atoms with Gasteiger partial charge in [0, 0.05) is 0 Å². The molecule has 0 aromatic heterocycles. The van der Waals surface area contributed by atoms with E-state index in [0.717, 1.165) is 16.7 Å². The molecule has 94 valence electrons. The lowest BCUT2D eigenvalue weighted by atomic mass is 10.0. The molecule has 17 heavy (non-hydrogen) atoms. The fourth-order valence-corrected chi connectivity index (χ4v) is 1.98.